The average molecular weight is 390 g/mol. The van der Waals surface area contributed by atoms with E-state index in [4.69, 9.17) is 5.11 Å². The number of carboxylic acid groups (broad SMARTS) is 1. The zero-order valence-electron chi connectivity index (χ0n) is 15.1. The van der Waals surface area contributed by atoms with Crippen LogP contribution >= 0.6 is 0 Å². The van der Waals surface area contributed by atoms with Crippen LogP contribution in [0.5, 0.6) is 0 Å². The maximum Gasteiger partial charge on any atom is 0.323 e. The van der Waals surface area contributed by atoms with Gasteiger partial charge in [0.2, 0.25) is 0 Å². The number of anilines is 1. The quantitative estimate of drug-likeness (QED) is 0.721. The highest BCUT2D eigenvalue weighted by Crippen LogP contribution is 2.17. The van der Waals surface area contributed by atoms with Crippen molar-refractivity contribution in [1.82, 2.24) is 4.90 Å². The Balaban J connectivity index is 2.16. The zero-order chi connectivity index (χ0) is 20.0. The molecular formula is C19H22N2O5S. The van der Waals surface area contributed by atoms with Crippen molar-refractivity contribution < 1.29 is 23.1 Å². The lowest BCUT2D eigenvalue weighted by Crippen LogP contribution is -2.38. The van der Waals surface area contributed by atoms with E-state index in [0.29, 0.717) is 17.8 Å². The number of hydrogen-bond donors (Lipinski definition) is 2. The molecule has 7 nitrogen and oxygen atoms in total. The Hall–Kier alpha value is -2.87. The van der Waals surface area contributed by atoms with Crippen LogP contribution in [0.1, 0.15) is 24.2 Å². The van der Waals surface area contributed by atoms with Gasteiger partial charge in [-0.25, -0.2) is 8.42 Å². The summed E-state index contributed by atoms with van der Waals surface area (Å²) in [5.41, 5.74) is 0.601. The number of carboxylic acids is 1. The summed E-state index contributed by atoms with van der Waals surface area (Å²) >= 11 is 0. The number of nitrogens with one attached hydrogen (secondary N) is 1. The number of carbonyl (C=O) groups is 2. The third-order valence-electron chi connectivity index (χ3n) is 3.64. The molecule has 0 aliphatic heterocycles. The van der Waals surface area contributed by atoms with Crippen molar-refractivity contribution in [3.05, 3.63) is 60.2 Å². The lowest BCUT2D eigenvalue weighted by atomic mass is 10.1. The van der Waals surface area contributed by atoms with Crippen LogP contribution in [-0.2, 0) is 14.8 Å². The first kappa shape index (κ1) is 20.4. The van der Waals surface area contributed by atoms with Crippen molar-refractivity contribution in [3.8, 4) is 0 Å². The van der Waals surface area contributed by atoms with E-state index in [-0.39, 0.29) is 17.4 Å². The van der Waals surface area contributed by atoms with Gasteiger partial charge in [-0.3, -0.25) is 14.3 Å². The highest BCUT2D eigenvalue weighted by molar-refractivity contribution is 7.92. The molecular weight excluding hydrogens is 368 g/mol. The third kappa shape index (κ3) is 5.82. The minimum atomic E-state index is -3.72. The molecule has 8 heteroatoms. The number of sulfonamides is 1. The predicted molar refractivity (Wildman–Crippen MR) is 102 cm³/mol. The summed E-state index contributed by atoms with van der Waals surface area (Å²) in [7, 11) is -3.72. The highest BCUT2D eigenvalue weighted by Gasteiger charge is 2.20. The van der Waals surface area contributed by atoms with Gasteiger partial charge in [0.05, 0.1) is 4.90 Å². The second-order valence-corrected chi connectivity index (χ2v) is 8.15. The molecule has 0 aliphatic carbocycles. The molecule has 0 unspecified atom stereocenters. The number of amides is 1. The van der Waals surface area contributed by atoms with Crippen molar-refractivity contribution in [2.75, 3.05) is 17.8 Å². The van der Waals surface area contributed by atoms with Crippen molar-refractivity contribution in [3.63, 3.8) is 0 Å². The molecule has 0 aliphatic rings. The molecule has 1 amide bonds. The maximum absolute atomic E-state index is 12.6. The van der Waals surface area contributed by atoms with Crippen LogP contribution in [0.4, 0.5) is 5.69 Å². The number of aliphatic carboxylic acids is 1. The minimum absolute atomic E-state index is 0.116. The van der Waals surface area contributed by atoms with Gasteiger partial charge < -0.3 is 10.0 Å². The van der Waals surface area contributed by atoms with Crippen LogP contribution < -0.4 is 4.72 Å². The van der Waals surface area contributed by atoms with Crippen LogP contribution in [-0.4, -0.2) is 43.4 Å². The fourth-order valence-corrected chi connectivity index (χ4v) is 3.58. The Morgan fingerprint density at radius 3 is 2.15 bits per heavy atom. The molecule has 0 fully saturated rings. The smallest absolute Gasteiger partial charge is 0.323 e. The second kappa shape index (κ2) is 8.68. The van der Waals surface area contributed by atoms with Gasteiger partial charge in [-0.15, -0.1) is 0 Å². The normalized spacial score (nSPS) is 11.2. The fraction of sp³-hybridized carbons (Fsp3) is 0.263. The van der Waals surface area contributed by atoms with Crippen molar-refractivity contribution in [2.24, 2.45) is 5.92 Å². The van der Waals surface area contributed by atoms with E-state index in [1.807, 2.05) is 13.8 Å². The Kier molecular flexibility index (Phi) is 6.57. The molecule has 2 aromatic rings. The molecule has 0 saturated carbocycles. The predicted octanol–water partition coefficient (Wildman–Crippen LogP) is 2.67. The molecule has 2 rings (SSSR count). The van der Waals surface area contributed by atoms with E-state index in [9.17, 15) is 18.0 Å². The number of nitrogens with zero attached hydrogens (tertiary/aromatic N) is 1. The van der Waals surface area contributed by atoms with Gasteiger partial charge in [0.1, 0.15) is 6.54 Å². The van der Waals surface area contributed by atoms with Crippen molar-refractivity contribution >= 4 is 27.6 Å². The Labute approximate surface area is 158 Å². The third-order valence-corrected chi connectivity index (χ3v) is 5.03. The monoisotopic (exact) mass is 390 g/mol. The van der Waals surface area contributed by atoms with Crippen LogP contribution in [0.15, 0.2) is 59.5 Å². The van der Waals surface area contributed by atoms with Crippen molar-refractivity contribution in [1.29, 1.82) is 0 Å². The van der Waals surface area contributed by atoms with Gasteiger partial charge in [0.25, 0.3) is 15.9 Å². The molecule has 0 spiro atoms. The first-order valence-electron chi connectivity index (χ1n) is 8.38. The summed E-state index contributed by atoms with van der Waals surface area (Å²) in [6, 6.07) is 13.8. The van der Waals surface area contributed by atoms with Gasteiger partial charge in [-0.05, 0) is 42.3 Å². The van der Waals surface area contributed by atoms with E-state index in [0.717, 1.165) is 0 Å². The molecule has 2 N–H and O–H groups in total. The van der Waals surface area contributed by atoms with E-state index in [1.54, 1.807) is 18.2 Å². The van der Waals surface area contributed by atoms with Gasteiger partial charge in [-0.2, -0.15) is 0 Å². The molecule has 0 aromatic heterocycles. The van der Waals surface area contributed by atoms with Crippen LogP contribution in [0.3, 0.4) is 0 Å². The highest BCUT2D eigenvalue weighted by atomic mass is 32.2. The lowest BCUT2D eigenvalue weighted by Gasteiger charge is -2.23. The standard InChI is InChI=1S/C19H22N2O5S/c1-14(2)12-21(13-18(22)23)19(24)15-8-10-16(11-9-15)20-27(25,26)17-6-4-3-5-7-17/h3-11,14,20H,12-13H2,1-2H3,(H,22,23). The van der Waals surface area contributed by atoms with Crippen LogP contribution in [0, 0.1) is 5.92 Å². The van der Waals surface area contributed by atoms with E-state index in [2.05, 4.69) is 4.72 Å². The molecule has 0 saturated heterocycles. The van der Waals surface area contributed by atoms with Gasteiger partial charge in [0, 0.05) is 17.8 Å². The molecule has 27 heavy (non-hydrogen) atoms. The molecule has 0 radical (unpaired) electrons. The maximum atomic E-state index is 12.6. The fourth-order valence-electron chi connectivity index (χ4n) is 2.50. The largest absolute Gasteiger partial charge is 0.480 e. The molecule has 0 bridgehead atoms. The number of benzene rings is 2. The number of carbonyl (C=O) groups excluding carboxylic acids is 1. The average Bonchev–Trinajstić information content (AvgIpc) is 2.61. The Morgan fingerprint density at radius 1 is 1.04 bits per heavy atom. The number of rotatable bonds is 8. The SMILES string of the molecule is CC(C)CN(CC(=O)O)C(=O)c1ccc(NS(=O)(=O)c2ccccc2)cc1. The van der Waals surface area contributed by atoms with Crippen LogP contribution in [0.2, 0.25) is 0 Å². The van der Waals surface area contributed by atoms with Crippen molar-refractivity contribution in [2.45, 2.75) is 18.7 Å². The summed E-state index contributed by atoms with van der Waals surface area (Å²) < 4.78 is 27.1. The second-order valence-electron chi connectivity index (χ2n) is 6.47. The first-order chi connectivity index (χ1) is 12.7. The number of hydrogen-bond acceptors (Lipinski definition) is 4. The minimum Gasteiger partial charge on any atom is -0.480 e. The van der Waals surface area contributed by atoms with E-state index < -0.39 is 21.9 Å². The molecule has 144 valence electrons. The summed E-state index contributed by atoms with van der Waals surface area (Å²) in [5, 5.41) is 9.00. The lowest BCUT2D eigenvalue weighted by molar-refractivity contribution is -0.137. The van der Waals surface area contributed by atoms with E-state index >= 15 is 0 Å². The van der Waals surface area contributed by atoms with Crippen LogP contribution in [0.25, 0.3) is 0 Å². The summed E-state index contributed by atoms with van der Waals surface area (Å²) in [5.74, 6) is -1.38. The van der Waals surface area contributed by atoms with Gasteiger partial charge >= 0.3 is 5.97 Å². The summed E-state index contributed by atoms with van der Waals surface area (Å²) in [4.78, 5) is 25.0. The van der Waals surface area contributed by atoms with Gasteiger partial charge in [-0.1, -0.05) is 32.0 Å². The molecule has 0 heterocycles. The Bertz CT molecular complexity index is 893. The molecule has 0 atom stereocenters. The summed E-state index contributed by atoms with van der Waals surface area (Å²) in [6.45, 7) is 3.71. The summed E-state index contributed by atoms with van der Waals surface area (Å²) in [6.07, 6.45) is 0. The Morgan fingerprint density at radius 2 is 1.63 bits per heavy atom. The molecule has 2 aromatic carbocycles. The topological polar surface area (TPSA) is 104 Å². The van der Waals surface area contributed by atoms with E-state index in [1.165, 1.54) is 41.3 Å². The first-order valence-corrected chi connectivity index (χ1v) is 9.86. The van der Waals surface area contributed by atoms with Gasteiger partial charge in [0.15, 0.2) is 0 Å². The zero-order valence-corrected chi connectivity index (χ0v) is 15.9.